The van der Waals surface area contributed by atoms with Gasteiger partial charge in [0.15, 0.2) is 6.17 Å². The summed E-state index contributed by atoms with van der Waals surface area (Å²) in [5.74, 6) is -1.47. The molecule has 0 bridgehead atoms. The van der Waals surface area contributed by atoms with Crippen molar-refractivity contribution in [2.75, 3.05) is 56.0 Å². The molecular weight excluding hydrogens is 379 g/mol. The summed E-state index contributed by atoms with van der Waals surface area (Å²) < 4.78 is 13.4. The molecule has 29 heavy (non-hydrogen) atoms. The minimum absolute atomic E-state index is 0.0763. The highest BCUT2D eigenvalue weighted by Gasteiger charge is 2.37. The summed E-state index contributed by atoms with van der Waals surface area (Å²) in [5, 5.41) is 11.5. The monoisotopic (exact) mass is 408 g/mol. The number of amides is 1. The average Bonchev–Trinajstić information content (AvgIpc) is 2.75. The van der Waals surface area contributed by atoms with E-state index in [1.807, 2.05) is 6.07 Å². The van der Waals surface area contributed by atoms with Crippen LogP contribution < -0.4 is 26.6 Å². The molecule has 5 N–H and O–H groups in total. The van der Waals surface area contributed by atoms with Crippen LogP contribution in [0.5, 0.6) is 0 Å². The second kappa shape index (κ2) is 10.0. The number of carbonyl (C=O) groups excluding carboxylic acids is 1. The van der Waals surface area contributed by atoms with E-state index in [1.54, 1.807) is 12.4 Å². The van der Waals surface area contributed by atoms with E-state index in [2.05, 4.69) is 42.8 Å². The van der Waals surface area contributed by atoms with Gasteiger partial charge in [0.25, 0.3) is 0 Å². The molecule has 2 fully saturated rings. The molecule has 0 radical (unpaired) electrons. The second-order valence-corrected chi connectivity index (χ2v) is 7.32. The maximum absolute atomic E-state index is 13.4. The van der Waals surface area contributed by atoms with Crippen molar-refractivity contribution in [1.82, 2.24) is 20.5 Å². The number of hydrogen-bond donors (Lipinski definition) is 4. The van der Waals surface area contributed by atoms with Crippen LogP contribution in [-0.4, -0.2) is 80.1 Å². The van der Waals surface area contributed by atoms with Gasteiger partial charge in [-0.15, -0.1) is 4.91 Å². The van der Waals surface area contributed by atoms with E-state index in [0.29, 0.717) is 5.69 Å². The third kappa shape index (κ3) is 5.24. The first-order chi connectivity index (χ1) is 14.0. The van der Waals surface area contributed by atoms with Crippen molar-refractivity contribution >= 4 is 17.3 Å². The van der Waals surface area contributed by atoms with Crippen LogP contribution in [0, 0.1) is 10.8 Å². The van der Waals surface area contributed by atoms with E-state index in [1.165, 1.54) is 0 Å². The first-order valence-electron chi connectivity index (χ1n) is 9.94. The van der Waals surface area contributed by atoms with Gasteiger partial charge in [-0.2, -0.15) is 0 Å². The lowest BCUT2D eigenvalue weighted by Crippen LogP contribution is -2.62. The van der Waals surface area contributed by atoms with Crippen molar-refractivity contribution in [2.45, 2.75) is 25.4 Å². The highest BCUT2D eigenvalue weighted by Crippen LogP contribution is 2.27. The number of halogens is 1. The Morgan fingerprint density at radius 2 is 2.07 bits per heavy atom. The van der Waals surface area contributed by atoms with Crippen LogP contribution in [0.3, 0.4) is 0 Å². The van der Waals surface area contributed by atoms with Crippen molar-refractivity contribution in [3.8, 4) is 0 Å². The minimum Gasteiger partial charge on any atom is -0.367 e. The van der Waals surface area contributed by atoms with Crippen LogP contribution in [0.15, 0.2) is 23.6 Å². The molecule has 2 atom stereocenters. The highest BCUT2D eigenvalue weighted by molar-refractivity contribution is 5.96. The zero-order valence-electron chi connectivity index (χ0n) is 16.6. The number of nitroso groups, excluding NO2 is 1. The standard InChI is InChI=1S/C18H29FN8O2/c1-2-26-5-7-27(8-6-26)14-3-4-21-11-13(14)24-18(28)15(16(20)25-29)17-22-9-12(19)10-23-17/h3-4,11-12,15-17,22-23H,2,5-10,20H2,1H3,(H,24,28). The SMILES string of the molecule is CCN1CCN(c2ccncc2NC(=O)C(C(N)N=O)C2NCC(F)CN2)CC1. The number of rotatable bonds is 7. The van der Waals surface area contributed by atoms with Crippen molar-refractivity contribution in [2.24, 2.45) is 16.8 Å². The maximum atomic E-state index is 13.4. The Morgan fingerprint density at radius 3 is 2.69 bits per heavy atom. The van der Waals surface area contributed by atoms with E-state index in [-0.39, 0.29) is 13.1 Å². The normalized spacial score (nSPS) is 25.3. The maximum Gasteiger partial charge on any atom is 0.234 e. The fraction of sp³-hybridized carbons (Fsp3) is 0.667. The van der Waals surface area contributed by atoms with Gasteiger partial charge >= 0.3 is 0 Å². The van der Waals surface area contributed by atoms with Crippen molar-refractivity contribution in [3.63, 3.8) is 0 Å². The molecule has 11 heteroatoms. The lowest BCUT2D eigenvalue weighted by Gasteiger charge is -2.37. The molecule has 3 rings (SSSR count). The van der Waals surface area contributed by atoms with E-state index >= 15 is 0 Å². The average molecular weight is 408 g/mol. The van der Waals surface area contributed by atoms with Crippen molar-refractivity contribution in [3.05, 3.63) is 23.4 Å². The molecule has 0 aromatic carbocycles. The molecule has 0 saturated carbocycles. The van der Waals surface area contributed by atoms with Gasteiger partial charge in [0.1, 0.15) is 12.1 Å². The Kier molecular flexibility index (Phi) is 7.42. The third-order valence-electron chi connectivity index (χ3n) is 5.49. The number of nitrogens with one attached hydrogen (secondary N) is 3. The van der Waals surface area contributed by atoms with E-state index < -0.39 is 30.3 Å². The van der Waals surface area contributed by atoms with Gasteiger partial charge in [0.2, 0.25) is 5.91 Å². The van der Waals surface area contributed by atoms with Crippen LogP contribution in [0.2, 0.25) is 0 Å². The number of likely N-dealkylation sites (N-methyl/N-ethyl adjacent to an activating group) is 1. The fourth-order valence-electron chi connectivity index (χ4n) is 3.76. The predicted molar refractivity (Wildman–Crippen MR) is 109 cm³/mol. The number of aromatic nitrogens is 1. The summed E-state index contributed by atoms with van der Waals surface area (Å²) in [4.78, 5) is 32.8. The number of hydrogen-bond acceptors (Lipinski definition) is 9. The van der Waals surface area contributed by atoms with Gasteiger partial charge in [0.05, 0.1) is 23.7 Å². The van der Waals surface area contributed by atoms with Crippen molar-refractivity contribution < 1.29 is 9.18 Å². The van der Waals surface area contributed by atoms with E-state index in [0.717, 1.165) is 38.4 Å². The highest BCUT2D eigenvalue weighted by atomic mass is 19.1. The lowest BCUT2D eigenvalue weighted by atomic mass is 9.99. The van der Waals surface area contributed by atoms with Gasteiger partial charge in [-0.05, 0) is 12.6 Å². The van der Waals surface area contributed by atoms with Gasteiger partial charge in [-0.1, -0.05) is 12.1 Å². The summed E-state index contributed by atoms with van der Waals surface area (Å²) in [6.07, 6.45) is 0.267. The van der Waals surface area contributed by atoms with Crippen LogP contribution in [0.4, 0.5) is 15.8 Å². The Hall–Kier alpha value is -2.21. The molecule has 0 spiro atoms. The molecule has 1 aromatic heterocycles. The molecule has 2 aliphatic rings. The molecule has 160 valence electrons. The number of nitrogens with two attached hydrogens (primary N) is 1. The zero-order valence-corrected chi connectivity index (χ0v) is 16.6. The molecule has 1 amide bonds. The molecular formula is C18H29FN8O2. The molecule has 2 aliphatic heterocycles. The number of anilines is 2. The van der Waals surface area contributed by atoms with E-state index in [9.17, 15) is 14.1 Å². The van der Waals surface area contributed by atoms with Crippen molar-refractivity contribution in [1.29, 1.82) is 0 Å². The molecule has 2 unspecified atom stereocenters. The van der Waals surface area contributed by atoms with Gasteiger partial charge in [-0.25, -0.2) is 4.39 Å². The lowest BCUT2D eigenvalue weighted by molar-refractivity contribution is -0.122. The molecule has 1 aromatic rings. The Morgan fingerprint density at radius 1 is 1.38 bits per heavy atom. The minimum atomic E-state index is -1.27. The number of nitrogens with zero attached hydrogens (tertiary/aromatic N) is 4. The topological polar surface area (TPSA) is 128 Å². The Balaban J connectivity index is 1.74. The van der Waals surface area contributed by atoms with E-state index in [4.69, 9.17) is 5.73 Å². The van der Waals surface area contributed by atoms with Gasteiger partial charge in [-0.3, -0.25) is 20.4 Å². The smallest absolute Gasteiger partial charge is 0.234 e. The summed E-state index contributed by atoms with van der Waals surface area (Å²) in [5.41, 5.74) is 7.21. The van der Waals surface area contributed by atoms with Crippen LogP contribution >= 0.6 is 0 Å². The molecule has 2 saturated heterocycles. The predicted octanol–water partition coefficient (Wildman–Crippen LogP) is -0.314. The molecule has 0 aliphatic carbocycles. The summed E-state index contributed by atoms with van der Waals surface area (Å²) in [7, 11) is 0. The fourth-order valence-corrected chi connectivity index (χ4v) is 3.76. The first-order valence-corrected chi connectivity index (χ1v) is 9.94. The first kappa shape index (κ1) is 21.5. The zero-order chi connectivity index (χ0) is 20.8. The number of pyridine rings is 1. The summed E-state index contributed by atoms with van der Waals surface area (Å²) in [6, 6.07) is 1.86. The molecule has 10 nitrogen and oxygen atoms in total. The van der Waals surface area contributed by atoms with Crippen LogP contribution in [0.25, 0.3) is 0 Å². The van der Waals surface area contributed by atoms with Crippen LogP contribution in [-0.2, 0) is 4.79 Å². The number of piperazine rings is 1. The Bertz CT molecular complexity index is 692. The quantitative estimate of drug-likeness (QED) is 0.452. The molecule has 3 heterocycles. The third-order valence-corrected chi connectivity index (χ3v) is 5.49. The van der Waals surface area contributed by atoms with Gasteiger partial charge < -0.3 is 20.9 Å². The number of carbonyl (C=O) groups is 1. The number of alkyl halides is 1. The van der Waals surface area contributed by atoms with Crippen LogP contribution in [0.1, 0.15) is 6.92 Å². The summed E-state index contributed by atoms with van der Waals surface area (Å²) in [6.45, 7) is 6.85. The Labute approximate surface area is 169 Å². The second-order valence-electron chi connectivity index (χ2n) is 7.32. The largest absolute Gasteiger partial charge is 0.367 e. The summed E-state index contributed by atoms with van der Waals surface area (Å²) >= 11 is 0. The van der Waals surface area contributed by atoms with Gasteiger partial charge in [0, 0.05) is 45.5 Å².